The van der Waals surface area contributed by atoms with E-state index in [4.69, 9.17) is 9.47 Å². The van der Waals surface area contributed by atoms with E-state index in [1.54, 1.807) is 0 Å². The number of para-hydroxylation sites is 2. The van der Waals surface area contributed by atoms with Gasteiger partial charge in [-0.25, -0.2) is 0 Å². The Kier molecular flexibility index (Phi) is 8.47. The Morgan fingerprint density at radius 1 is 0.588 bits per heavy atom. The van der Waals surface area contributed by atoms with Gasteiger partial charge in [-0.15, -0.1) is 0 Å². The molecule has 0 bridgehead atoms. The summed E-state index contributed by atoms with van der Waals surface area (Å²) in [6.07, 6.45) is 6.94. The van der Waals surface area contributed by atoms with Gasteiger partial charge in [0.2, 0.25) is 5.69 Å². The van der Waals surface area contributed by atoms with Gasteiger partial charge in [0.1, 0.15) is 24.7 Å². The number of anilines is 1. The lowest BCUT2D eigenvalue weighted by Crippen LogP contribution is -2.30. The Balaban J connectivity index is 1.18. The summed E-state index contributed by atoms with van der Waals surface area (Å²) in [5.74, 6) is 1.78. The third kappa shape index (κ3) is 5.89. The van der Waals surface area contributed by atoms with Crippen LogP contribution < -0.4 is 14.4 Å². The van der Waals surface area contributed by atoms with E-state index in [0.29, 0.717) is 13.2 Å². The molecule has 51 heavy (non-hydrogen) atoms. The van der Waals surface area contributed by atoms with Gasteiger partial charge in [-0.05, 0) is 83.4 Å². The van der Waals surface area contributed by atoms with Crippen molar-refractivity contribution >= 4 is 38.6 Å². The average Bonchev–Trinajstić information content (AvgIpc) is 3.51. The summed E-state index contributed by atoms with van der Waals surface area (Å²) in [5.41, 5.74) is 7.33. The van der Waals surface area contributed by atoms with Crippen molar-refractivity contribution in [2.75, 3.05) is 31.2 Å². The Labute approximate surface area is 301 Å². The SMILES string of the molecule is CC1(C)C(=CC=CC2=[N+](CCOc3ccccc3)c3ccc4ccccc4c3C2(C)C)N(CCOc2ccccc2)c2ccc3ccccc3c21. The number of hydrogen-bond donors (Lipinski definition) is 0. The second-order valence-corrected chi connectivity index (χ2v) is 14.5. The Morgan fingerprint density at radius 2 is 1.16 bits per heavy atom. The van der Waals surface area contributed by atoms with Crippen LogP contribution in [0.1, 0.15) is 38.8 Å². The summed E-state index contributed by atoms with van der Waals surface area (Å²) >= 11 is 0. The van der Waals surface area contributed by atoms with Crippen LogP contribution >= 0.6 is 0 Å². The van der Waals surface area contributed by atoms with Crippen molar-refractivity contribution < 1.29 is 14.0 Å². The van der Waals surface area contributed by atoms with Crippen LogP contribution in [0.25, 0.3) is 21.5 Å². The Hall–Kier alpha value is -5.61. The normalized spacial score (nSPS) is 16.7. The molecule has 2 aliphatic rings. The molecule has 0 unspecified atom stereocenters. The minimum Gasteiger partial charge on any atom is -0.492 e. The average molecular weight is 670 g/mol. The molecule has 8 rings (SSSR count). The molecule has 4 heteroatoms. The molecule has 0 atom stereocenters. The van der Waals surface area contributed by atoms with Gasteiger partial charge in [-0.1, -0.05) is 111 Å². The number of ether oxygens (including phenoxy) is 2. The first-order valence-electron chi connectivity index (χ1n) is 18.1. The van der Waals surface area contributed by atoms with Gasteiger partial charge in [0.15, 0.2) is 12.3 Å². The first kappa shape index (κ1) is 32.6. The minimum absolute atomic E-state index is 0.217. The van der Waals surface area contributed by atoms with Gasteiger partial charge in [-0.2, -0.15) is 4.58 Å². The van der Waals surface area contributed by atoms with E-state index in [2.05, 4.69) is 128 Å². The number of fused-ring (bicyclic) bond motifs is 6. The molecule has 2 aliphatic heterocycles. The molecule has 0 spiro atoms. The van der Waals surface area contributed by atoms with Crippen LogP contribution in [0.4, 0.5) is 11.4 Å². The molecule has 6 aromatic rings. The van der Waals surface area contributed by atoms with Crippen LogP contribution in [0.2, 0.25) is 0 Å². The molecule has 254 valence electrons. The molecular weight excluding hydrogens is 625 g/mol. The predicted molar refractivity (Wildman–Crippen MR) is 212 cm³/mol. The van der Waals surface area contributed by atoms with Crippen LogP contribution in [-0.4, -0.2) is 36.6 Å². The molecule has 4 nitrogen and oxygen atoms in total. The third-order valence-corrected chi connectivity index (χ3v) is 10.7. The van der Waals surface area contributed by atoms with Crippen LogP contribution in [-0.2, 0) is 10.8 Å². The molecule has 0 radical (unpaired) electrons. The number of benzene rings is 6. The topological polar surface area (TPSA) is 24.7 Å². The van der Waals surface area contributed by atoms with Crippen molar-refractivity contribution in [3.8, 4) is 11.5 Å². The molecule has 0 amide bonds. The second-order valence-electron chi connectivity index (χ2n) is 14.5. The summed E-state index contributed by atoms with van der Waals surface area (Å²) in [5, 5.41) is 5.14. The monoisotopic (exact) mass is 669 g/mol. The summed E-state index contributed by atoms with van der Waals surface area (Å²) in [4.78, 5) is 2.47. The standard InChI is InChI=1S/C47H45N2O2/c1-46(2)42(48(30-32-50-36-18-7-5-8-19-36)40-28-26-34-16-11-13-22-38(34)44(40)46)24-15-25-43-47(3,4)45-39-23-14-12-17-35(39)27-29-41(45)49(43)31-33-51-37-20-9-6-10-21-37/h5-29H,30-33H2,1-4H3/q+1. The molecule has 0 aromatic heterocycles. The summed E-state index contributed by atoms with van der Waals surface area (Å²) in [7, 11) is 0. The van der Waals surface area contributed by atoms with Crippen LogP contribution in [0.5, 0.6) is 11.5 Å². The summed E-state index contributed by atoms with van der Waals surface area (Å²) < 4.78 is 15.0. The van der Waals surface area contributed by atoms with E-state index >= 15 is 0 Å². The highest BCUT2D eigenvalue weighted by Crippen LogP contribution is 2.51. The van der Waals surface area contributed by atoms with Crippen molar-refractivity contribution in [1.29, 1.82) is 0 Å². The van der Waals surface area contributed by atoms with Crippen molar-refractivity contribution in [2.24, 2.45) is 0 Å². The minimum atomic E-state index is -0.217. The van der Waals surface area contributed by atoms with Crippen molar-refractivity contribution in [3.63, 3.8) is 0 Å². The van der Waals surface area contributed by atoms with Gasteiger partial charge in [-0.3, -0.25) is 0 Å². The molecule has 0 saturated carbocycles. The van der Waals surface area contributed by atoms with Gasteiger partial charge in [0.25, 0.3) is 0 Å². The lowest BCUT2D eigenvalue weighted by atomic mass is 9.79. The molecule has 0 saturated heterocycles. The van der Waals surface area contributed by atoms with E-state index in [1.807, 2.05) is 60.7 Å². The smallest absolute Gasteiger partial charge is 0.210 e. The zero-order chi connectivity index (χ0) is 35.0. The van der Waals surface area contributed by atoms with Crippen molar-refractivity contribution in [2.45, 2.75) is 38.5 Å². The van der Waals surface area contributed by atoms with Crippen LogP contribution in [0.3, 0.4) is 0 Å². The lowest BCUT2D eigenvalue weighted by Gasteiger charge is -2.27. The van der Waals surface area contributed by atoms with E-state index in [9.17, 15) is 0 Å². The fraction of sp³-hybridized carbons (Fsp3) is 0.213. The maximum atomic E-state index is 6.24. The van der Waals surface area contributed by atoms with E-state index < -0.39 is 0 Å². The summed E-state index contributed by atoms with van der Waals surface area (Å²) in [6, 6.07) is 46.8. The van der Waals surface area contributed by atoms with Gasteiger partial charge in [0, 0.05) is 34.5 Å². The second kappa shape index (κ2) is 13.3. The molecule has 0 N–H and O–H groups in total. The van der Waals surface area contributed by atoms with Gasteiger partial charge < -0.3 is 14.4 Å². The van der Waals surface area contributed by atoms with Crippen molar-refractivity contribution in [1.82, 2.24) is 0 Å². The Bertz CT molecular complexity index is 2320. The van der Waals surface area contributed by atoms with Gasteiger partial charge >= 0.3 is 0 Å². The number of rotatable bonds is 10. The molecule has 6 aromatic carbocycles. The fourth-order valence-electron chi connectivity index (χ4n) is 8.33. The maximum absolute atomic E-state index is 6.24. The maximum Gasteiger partial charge on any atom is 0.210 e. The Morgan fingerprint density at radius 3 is 1.82 bits per heavy atom. The first-order valence-corrected chi connectivity index (χ1v) is 18.1. The van der Waals surface area contributed by atoms with Crippen molar-refractivity contribution in [3.05, 3.63) is 169 Å². The largest absolute Gasteiger partial charge is 0.492 e. The molecule has 0 fully saturated rings. The third-order valence-electron chi connectivity index (χ3n) is 10.7. The van der Waals surface area contributed by atoms with Crippen LogP contribution in [0.15, 0.2) is 157 Å². The van der Waals surface area contributed by atoms with Gasteiger partial charge in [0.05, 0.1) is 12.0 Å². The quantitative estimate of drug-likeness (QED) is 0.136. The first-order chi connectivity index (χ1) is 24.8. The zero-order valence-electron chi connectivity index (χ0n) is 30.0. The van der Waals surface area contributed by atoms with E-state index in [1.165, 1.54) is 55.5 Å². The zero-order valence-corrected chi connectivity index (χ0v) is 30.0. The highest BCUT2D eigenvalue weighted by molar-refractivity contribution is 6.07. The van der Waals surface area contributed by atoms with E-state index in [0.717, 1.165) is 24.6 Å². The summed E-state index contributed by atoms with van der Waals surface area (Å²) in [6.45, 7) is 12.1. The molecular formula is C47H45N2O2+. The molecule has 0 aliphatic carbocycles. The number of hydrogen-bond acceptors (Lipinski definition) is 3. The highest BCUT2D eigenvalue weighted by Gasteiger charge is 2.46. The molecule has 2 heterocycles. The van der Waals surface area contributed by atoms with E-state index in [-0.39, 0.29) is 10.8 Å². The lowest BCUT2D eigenvalue weighted by molar-refractivity contribution is -0.439. The fourth-order valence-corrected chi connectivity index (χ4v) is 8.33. The predicted octanol–water partition coefficient (Wildman–Crippen LogP) is 10.8. The number of allylic oxidation sites excluding steroid dienone is 4. The highest BCUT2D eigenvalue weighted by atomic mass is 16.5. The number of nitrogens with zero attached hydrogens (tertiary/aromatic N) is 2. The van der Waals surface area contributed by atoms with Crippen LogP contribution in [0, 0.1) is 0 Å².